The predicted molar refractivity (Wildman–Crippen MR) is 123 cm³/mol. The van der Waals surface area contributed by atoms with Crippen LogP contribution in [0, 0.1) is 0 Å². The number of rotatable bonds is 6. The third-order valence-corrected chi connectivity index (χ3v) is 7.83. The highest BCUT2D eigenvalue weighted by Gasteiger charge is 2.52. The van der Waals surface area contributed by atoms with Crippen LogP contribution in [-0.2, 0) is 28.0 Å². The molecule has 7 heteroatoms. The molecular formula is C26H30N4O3. The molecule has 2 bridgehead atoms. The summed E-state index contributed by atoms with van der Waals surface area (Å²) in [5.41, 5.74) is 4.13. The molecule has 1 aliphatic carbocycles. The van der Waals surface area contributed by atoms with Gasteiger partial charge in [-0.1, -0.05) is 30.3 Å². The summed E-state index contributed by atoms with van der Waals surface area (Å²) < 4.78 is 16.7. The van der Waals surface area contributed by atoms with Gasteiger partial charge in [0.05, 0.1) is 61.3 Å². The maximum atomic E-state index is 12.0. The van der Waals surface area contributed by atoms with Crippen molar-refractivity contribution in [3.63, 3.8) is 0 Å². The Morgan fingerprint density at radius 3 is 2.67 bits per heavy atom. The molecule has 0 spiro atoms. The van der Waals surface area contributed by atoms with Crippen LogP contribution in [0.3, 0.4) is 0 Å². The number of Topliss-reactive ketones (excluding diaryl/α,β-unsaturated/α-hetero) is 1. The normalized spacial score (nSPS) is 27.9. The van der Waals surface area contributed by atoms with Gasteiger partial charge in [-0.3, -0.25) is 9.48 Å². The lowest BCUT2D eigenvalue weighted by atomic mass is 9.64. The number of benzene rings is 1. The standard InChI is InChI=1S/C26H30N4O3/c1-18-14-29-21(22-13-27-24(19(2)31)30(18)22)12-23(28-29)25-8-10-26(11-9-25,33-16-25)17-32-15-20-6-4-3-5-7-20/h3-7,12-13,18H,8-11,14-17H2,1-2H3/t18-,25?,26?/m0/s1. The number of carbonyl (C=O) groups is 1. The molecule has 7 nitrogen and oxygen atoms in total. The molecule has 7 rings (SSSR count). The van der Waals surface area contributed by atoms with Crippen LogP contribution in [0.1, 0.15) is 67.4 Å². The molecule has 3 aromatic rings. The molecule has 3 fully saturated rings. The summed E-state index contributed by atoms with van der Waals surface area (Å²) in [6.45, 7) is 6.39. The van der Waals surface area contributed by atoms with Crippen molar-refractivity contribution < 1.29 is 14.3 Å². The van der Waals surface area contributed by atoms with E-state index in [9.17, 15) is 4.79 Å². The van der Waals surface area contributed by atoms with Crippen molar-refractivity contribution in [2.45, 2.75) is 69.7 Å². The van der Waals surface area contributed by atoms with E-state index in [1.54, 1.807) is 6.92 Å². The van der Waals surface area contributed by atoms with Gasteiger partial charge in [0.25, 0.3) is 0 Å². The van der Waals surface area contributed by atoms with Gasteiger partial charge in [0.1, 0.15) is 0 Å². The Bertz CT molecular complexity index is 1170. The Labute approximate surface area is 193 Å². The zero-order chi connectivity index (χ0) is 22.6. The molecule has 5 heterocycles. The Kier molecular flexibility index (Phi) is 4.82. The van der Waals surface area contributed by atoms with Crippen LogP contribution in [0.5, 0.6) is 0 Å². The third-order valence-electron chi connectivity index (χ3n) is 7.83. The fourth-order valence-corrected chi connectivity index (χ4v) is 5.82. The second kappa shape index (κ2) is 7.64. The minimum absolute atomic E-state index is 0.00123. The number of imidazole rings is 1. The van der Waals surface area contributed by atoms with Crippen LogP contribution in [0.15, 0.2) is 42.6 Å². The molecule has 0 radical (unpaired) electrons. The van der Waals surface area contributed by atoms with Gasteiger partial charge in [-0.15, -0.1) is 0 Å². The fourth-order valence-electron chi connectivity index (χ4n) is 5.82. The van der Waals surface area contributed by atoms with E-state index >= 15 is 0 Å². The van der Waals surface area contributed by atoms with Gasteiger partial charge in [0.15, 0.2) is 11.6 Å². The van der Waals surface area contributed by atoms with Crippen LogP contribution >= 0.6 is 0 Å². The quantitative estimate of drug-likeness (QED) is 0.528. The number of carbonyl (C=O) groups excluding carboxylic acids is 1. The summed E-state index contributed by atoms with van der Waals surface area (Å²) in [4.78, 5) is 16.5. The van der Waals surface area contributed by atoms with E-state index in [4.69, 9.17) is 14.6 Å². The summed E-state index contributed by atoms with van der Waals surface area (Å²) in [5.74, 6) is 0.530. The summed E-state index contributed by atoms with van der Waals surface area (Å²) in [7, 11) is 0. The van der Waals surface area contributed by atoms with Crippen LogP contribution < -0.4 is 0 Å². The molecule has 2 saturated heterocycles. The van der Waals surface area contributed by atoms with Gasteiger partial charge < -0.3 is 14.0 Å². The Balaban J connectivity index is 1.19. The molecule has 1 saturated carbocycles. The van der Waals surface area contributed by atoms with E-state index in [0.717, 1.165) is 49.3 Å². The van der Waals surface area contributed by atoms with Crippen molar-refractivity contribution in [2.24, 2.45) is 0 Å². The monoisotopic (exact) mass is 446 g/mol. The van der Waals surface area contributed by atoms with Crippen molar-refractivity contribution in [3.05, 3.63) is 59.7 Å². The molecule has 0 unspecified atom stereocenters. The van der Waals surface area contributed by atoms with Gasteiger partial charge in [-0.2, -0.15) is 5.10 Å². The first-order valence-electron chi connectivity index (χ1n) is 11.9. The first-order chi connectivity index (χ1) is 16.0. The first kappa shape index (κ1) is 20.8. The first-order valence-corrected chi connectivity index (χ1v) is 11.9. The zero-order valence-electron chi connectivity index (χ0n) is 19.3. The van der Waals surface area contributed by atoms with E-state index < -0.39 is 0 Å². The van der Waals surface area contributed by atoms with Crippen LogP contribution in [0.2, 0.25) is 0 Å². The molecular weight excluding hydrogens is 416 g/mol. The average Bonchev–Trinajstić information content (AvgIpc) is 3.46. The van der Waals surface area contributed by atoms with Crippen molar-refractivity contribution in [2.75, 3.05) is 13.2 Å². The van der Waals surface area contributed by atoms with E-state index in [-0.39, 0.29) is 22.8 Å². The number of nitrogens with zero attached hydrogens (tertiary/aromatic N) is 4. The molecule has 0 amide bonds. The molecule has 3 aliphatic heterocycles. The lowest BCUT2D eigenvalue weighted by Gasteiger charge is -2.52. The summed E-state index contributed by atoms with van der Waals surface area (Å²) in [6.07, 6.45) is 5.92. The third kappa shape index (κ3) is 3.37. The topological polar surface area (TPSA) is 71.2 Å². The second-order valence-electron chi connectivity index (χ2n) is 10.1. The minimum atomic E-state index is -0.167. The maximum absolute atomic E-state index is 12.0. The van der Waals surface area contributed by atoms with Crippen LogP contribution in [0.4, 0.5) is 0 Å². The lowest BCUT2D eigenvalue weighted by molar-refractivity contribution is -0.186. The van der Waals surface area contributed by atoms with E-state index in [1.165, 1.54) is 5.56 Å². The lowest BCUT2D eigenvalue weighted by Crippen LogP contribution is -2.55. The fraction of sp³-hybridized carbons (Fsp3) is 0.500. The molecule has 1 atom stereocenters. The van der Waals surface area contributed by atoms with Crippen molar-refractivity contribution >= 4 is 5.78 Å². The summed E-state index contributed by atoms with van der Waals surface area (Å²) >= 11 is 0. The maximum Gasteiger partial charge on any atom is 0.195 e. The number of hydrogen-bond acceptors (Lipinski definition) is 5. The highest BCUT2D eigenvalue weighted by Crippen LogP contribution is 2.51. The molecule has 2 aromatic heterocycles. The van der Waals surface area contributed by atoms with Gasteiger partial charge in [-0.05, 0) is 44.2 Å². The highest BCUT2D eigenvalue weighted by atomic mass is 16.5. The Hall–Kier alpha value is -2.77. The Morgan fingerprint density at radius 2 is 1.97 bits per heavy atom. The van der Waals surface area contributed by atoms with Crippen LogP contribution in [0.25, 0.3) is 11.4 Å². The van der Waals surface area contributed by atoms with Gasteiger partial charge in [-0.25, -0.2) is 4.98 Å². The average molecular weight is 447 g/mol. The highest BCUT2D eigenvalue weighted by molar-refractivity contribution is 5.91. The molecule has 1 aromatic carbocycles. The number of fused-ring (bicyclic) bond motifs is 6. The minimum Gasteiger partial charge on any atom is -0.374 e. The number of hydrogen-bond donors (Lipinski definition) is 0. The van der Waals surface area contributed by atoms with Gasteiger partial charge in [0, 0.05) is 12.3 Å². The van der Waals surface area contributed by atoms with Gasteiger partial charge >= 0.3 is 0 Å². The van der Waals surface area contributed by atoms with Crippen molar-refractivity contribution in [1.29, 1.82) is 0 Å². The molecule has 33 heavy (non-hydrogen) atoms. The van der Waals surface area contributed by atoms with Crippen molar-refractivity contribution in [3.8, 4) is 11.4 Å². The molecule has 0 N–H and O–H groups in total. The van der Waals surface area contributed by atoms with Crippen LogP contribution in [-0.4, -0.2) is 43.9 Å². The van der Waals surface area contributed by atoms with E-state index in [1.807, 2.05) is 24.4 Å². The van der Waals surface area contributed by atoms with Crippen molar-refractivity contribution in [1.82, 2.24) is 19.3 Å². The molecule has 172 valence electrons. The number of ether oxygens (including phenoxy) is 2. The second-order valence-corrected chi connectivity index (χ2v) is 10.1. The largest absolute Gasteiger partial charge is 0.374 e. The summed E-state index contributed by atoms with van der Waals surface area (Å²) in [6, 6.07) is 12.6. The number of aromatic nitrogens is 4. The number of ketones is 1. The van der Waals surface area contributed by atoms with E-state index in [0.29, 0.717) is 25.6 Å². The van der Waals surface area contributed by atoms with Gasteiger partial charge in [0.2, 0.25) is 0 Å². The predicted octanol–water partition coefficient (Wildman–Crippen LogP) is 4.32. The smallest absolute Gasteiger partial charge is 0.195 e. The molecule has 4 aliphatic rings. The summed E-state index contributed by atoms with van der Waals surface area (Å²) in [5, 5.41) is 5.05. The SMILES string of the molecule is CC(=O)c1ncc2n1[C@@H](C)Cn1nc(C34CCC(COCc5ccccc5)(CC3)OC4)cc1-2. The van der Waals surface area contributed by atoms with E-state index in [2.05, 4.69) is 39.4 Å². The Morgan fingerprint density at radius 1 is 1.18 bits per heavy atom. The zero-order valence-corrected chi connectivity index (χ0v) is 19.3.